The van der Waals surface area contributed by atoms with Gasteiger partial charge in [0.25, 0.3) is 0 Å². The van der Waals surface area contributed by atoms with Gasteiger partial charge in [0.1, 0.15) is 0 Å². The van der Waals surface area contributed by atoms with Crippen LogP contribution in [-0.2, 0) is 11.2 Å². The van der Waals surface area contributed by atoms with Crippen LogP contribution in [-0.4, -0.2) is 24.5 Å². The lowest BCUT2D eigenvalue weighted by Crippen LogP contribution is -2.42. The van der Waals surface area contributed by atoms with Crippen molar-refractivity contribution >= 4 is 11.6 Å². The molecule has 0 saturated carbocycles. The number of nitrogens with zero attached hydrogens (tertiary/aromatic N) is 1. The number of hydrogen-bond donors (Lipinski definition) is 1. The predicted molar refractivity (Wildman–Crippen MR) is 88.7 cm³/mol. The number of aryl methyl sites for hydroxylation is 1. The molecule has 1 heterocycles. The van der Waals surface area contributed by atoms with Crippen LogP contribution in [0.3, 0.4) is 0 Å². The minimum Gasteiger partial charge on any atom is -0.312 e. The van der Waals surface area contributed by atoms with E-state index >= 15 is 0 Å². The lowest BCUT2D eigenvalue weighted by molar-refractivity contribution is -0.118. The molecule has 2 rings (SSSR count). The minimum atomic E-state index is 0.120. The van der Waals surface area contributed by atoms with Crippen LogP contribution in [0.2, 0.25) is 0 Å². The van der Waals surface area contributed by atoms with E-state index in [1.807, 2.05) is 11.0 Å². The highest BCUT2D eigenvalue weighted by molar-refractivity contribution is 5.94. The lowest BCUT2D eigenvalue weighted by Gasteiger charge is -2.29. The molecule has 0 spiro atoms. The molecule has 1 aromatic carbocycles. The zero-order valence-electron chi connectivity index (χ0n) is 13.8. The van der Waals surface area contributed by atoms with Crippen LogP contribution >= 0.6 is 0 Å². The first-order valence-corrected chi connectivity index (χ1v) is 8.00. The number of fused-ring (bicyclic) bond motifs is 1. The molecule has 3 heteroatoms. The smallest absolute Gasteiger partial charge is 0.227 e. The third-order valence-electron chi connectivity index (χ3n) is 3.90. The standard InChI is InChI=1S/C18H28N2O/c1-14(12-19-18(2,3)4)13-20-16-10-6-5-8-15(16)9-7-11-17(20)21/h5-6,8,10,14,19H,7,9,11-13H2,1-4H3. The summed E-state index contributed by atoms with van der Waals surface area (Å²) >= 11 is 0. The monoisotopic (exact) mass is 288 g/mol. The Morgan fingerprint density at radius 2 is 1.95 bits per heavy atom. The van der Waals surface area contributed by atoms with Crippen LogP contribution in [0.4, 0.5) is 5.69 Å². The summed E-state index contributed by atoms with van der Waals surface area (Å²) in [5, 5.41) is 3.53. The number of para-hydroxylation sites is 1. The number of nitrogens with one attached hydrogen (secondary N) is 1. The molecule has 0 aliphatic carbocycles. The number of hydrogen-bond acceptors (Lipinski definition) is 2. The van der Waals surface area contributed by atoms with E-state index in [1.165, 1.54) is 5.56 Å². The van der Waals surface area contributed by atoms with Crippen molar-refractivity contribution in [3.63, 3.8) is 0 Å². The van der Waals surface area contributed by atoms with Crippen molar-refractivity contribution in [2.24, 2.45) is 5.92 Å². The highest BCUT2D eigenvalue weighted by Gasteiger charge is 2.23. The van der Waals surface area contributed by atoms with Crippen LogP contribution in [0.25, 0.3) is 0 Å². The van der Waals surface area contributed by atoms with E-state index in [1.54, 1.807) is 0 Å². The van der Waals surface area contributed by atoms with E-state index in [0.717, 1.165) is 31.6 Å². The molecule has 0 fully saturated rings. The van der Waals surface area contributed by atoms with Crippen molar-refractivity contribution in [1.82, 2.24) is 5.32 Å². The molecule has 3 nitrogen and oxygen atoms in total. The molecule has 21 heavy (non-hydrogen) atoms. The van der Waals surface area contributed by atoms with Crippen molar-refractivity contribution in [3.8, 4) is 0 Å². The van der Waals surface area contributed by atoms with Gasteiger partial charge in [-0.05, 0) is 57.7 Å². The second-order valence-electron chi connectivity index (χ2n) is 7.22. The Balaban J connectivity index is 2.08. The molecule has 1 atom stereocenters. The fourth-order valence-corrected chi connectivity index (χ4v) is 2.74. The molecule has 1 aliphatic rings. The Bertz CT molecular complexity index is 490. The van der Waals surface area contributed by atoms with Gasteiger partial charge in [-0.15, -0.1) is 0 Å². The van der Waals surface area contributed by atoms with E-state index in [-0.39, 0.29) is 11.4 Å². The second kappa shape index (κ2) is 6.61. The zero-order valence-corrected chi connectivity index (χ0v) is 13.8. The Labute approximate surface area is 128 Å². The van der Waals surface area contributed by atoms with Gasteiger partial charge in [-0.2, -0.15) is 0 Å². The number of carbonyl (C=O) groups excluding carboxylic acids is 1. The van der Waals surface area contributed by atoms with Gasteiger partial charge in [-0.25, -0.2) is 0 Å². The predicted octanol–water partition coefficient (Wildman–Crippen LogP) is 3.38. The lowest BCUT2D eigenvalue weighted by atomic mass is 10.1. The number of carbonyl (C=O) groups is 1. The first kappa shape index (κ1) is 16.0. The van der Waals surface area contributed by atoms with E-state index in [4.69, 9.17) is 0 Å². The van der Waals surface area contributed by atoms with Crippen molar-refractivity contribution in [1.29, 1.82) is 0 Å². The topological polar surface area (TPSA) is 32.3 Å². The molecule has 116 valence electrons. The zero-order chi connectivity index (χ0) is 15.5. The van der Waals surface area contributed by atoms with Gasteiger partial charge in [0.05, 0.1) is 0 Å². The van der Waals surface area contributed by atoms with Crippen LogP contribution in [0.5, 0.6) is 0 Å². The molecule has 0 saturated heterocycles. The van der Waals surface area contributed by atoms with Gasteiger partial charge in [-0.3, -0.25) is 4.79 Å². The first-order valence-electron chi connectivity index (χ1n) is 8.00. The number of benzene rings is 1. The van der Waals surface area contributed by atoms with E-state index in [2.05, 4.69) is 51.2 Å². The Kier molecular flexibility index (Phi) is 5.04. The summed E-state index contributed by atoms with van der Waals surface area (Å²) < 4.78 is 0. The number of anilines is 1. The van der Waals surface area contributed by atoms with E-state index in [0.29, 0.717) is 12.3 Å². The third kappa shape index (κ3) is 4.57. The van der Waals surface area contributed by atoms with Crippen molar-refractivity contribution in [2.45, 2.75) is 52.5 Å². The van der Waals surface area contributed by atoms with Gasteiger partial charge in [-0.1, -0.05) is 25.1 Å². The molecule has 1 N–H and O–H groups in total. The summed E-state index contributed by atoms with van der Waals surface area (Å²) in [4.78, 5) is 14.4. The SMILES string of the molecule is CC(CNC(C)(C)C)CN1C(=O)CCCc2ccccc21. The van der Waals surface area contributed by atoms with Crippen molar-refractivity contribution in [2.75, 3.05) is 18.0 Å². The summed E-state index contributed by atoms with van der Waals surface area (Å²) in [5.41, 5.74) is 2.54. The Morgan fingerprint density at radius 1 is 1.24 bits per heavy atom. The van der Waals surface area contributed by atoms with Gasteiger partial charge in [0.15, 0.2) is 0 Å². The minimum absolute atomic E-state index is 0.120. The maximum atomic E-state index is 12.4. The van der Waals surface area contributed by atoms with Crippen LogP contribution in [0.15, 0.2) is 24.3 Å². The molecular weight excluding hydrogens is 260 g/mol. The maximum Gasteiger partial charge on any atom is 0.227 e. The highest BCUT2D eigenvalue weighted by Crippen LogP contribution is 2.27. The van der Waals surface area contributed by atoms with Crippen LogP contribution in [0, 0.1) is 5.92 Å². The molecule has 0 bridgehead atoms. The summed E-state index contributed by atoms with van der Waals surface area (Å²) in [7, 11) is 0. The van der Waals surface area contributed by atoms with E-state index < -0.39 is 0 Å². The second-order valence-corrected chi connectivity index (χ2v) is 7.22. The summed E-state index contributed by atoms with van der Waals surface area (Å²) in [6.07, 6.45) is 2.63. The molecule has 1 aromatic rings. The van der Waals surface area contributed by atoms with Gasteiger partial charge < -0.3 is 10.2 Å². The van der Waals surface area contributed by atoms with Gasteiger partial charge in [0, 0.05) is 24.2 Å². The molecule has 0 aromatic heterocycles. The molecular formula is C18H28N2O. The largest absolute Gasteiger partial charge is 0.312 e. The average molecular weight is 288 g/mol. The fraction of sp³-hybridized carbons (Fsp3) is 0.611. The number of rotatable bonds is 4. The fourth-order valence-electron chi connectivity index (χ4n) is 2.74. The van der Waals surface area contributed by atoms with Gasteiger partial charge in [0.2, 0.25) is 5.91 Å². The molecule has 0 radical (unpaired) electrons. The highest BCUT2D eigenvalue weighted by atomic mass is 16.2. The summed E-state index contributed by atoms with van der Waals surface area (Å²) in [6, 6.07) is 8.33. The third-order valence-corrected chi connectivity index (χ3v) is 3.90. The van der Waals surface area contributed by atoms with Crippen LogP contribution in [0.1, 0.15) is 46.1 Å². The normalized spacial score (nSPS) is 17.3. The first-order chi connectivity index (χ1) is 9.87. The Morgan fingerprint density at radius 3 is 2.67 bits per heavy atom. The number of amides is 1. The molecule has 1 unspecified atom stereocenters. The summed E-state index contributed by atoms with van der Waals surface area (Å²) in [6.45, 7) is 10.4. The van der Waals surface area contributed by atoms with Crippen molar-refractivity contribution in [3.05, 3.63) is 29.8 Å². The average Bonchev–Trinajstić information content (AvgIpc) is 2.56. The van der Waals surface area contributed by atoms with Crippen molar-refractivity contribution < 1.29 is 4.79 Å². The van der Waals surface area contributed by atoms with E-state index in [9.17, 15) is 4.79 Å². The quantitative estimate of drug-likeness (QED) is 0.921. The summed E-state index contributed by atoms with van der Waals surface area (Å²) in [5.74, 6) is 0.696. The van der Waals surface area contributed by atoms with Crippen LogP contribution < -0.4 is 10.2 Å². The van der Waals surface area contributed by atoms with Gasteiger partial charge >= 0.3 is 0 Å². The maximum absolute atomic E-state index is 12.4. The molecule has 1 amide bonds. The Hall–Kier alpha value is -1.35. The molecule has 1 aliphatic heterocycles.